The van der Waals surface area contributed by atoms with Crippen LogP contribution in [0, 0.1) is 5.92 Å². The van der Waals surface area contributed by atoms with E-state index in [1.807, 2.05) is 13.0 Å². The fourth-order valence-corrected chi connectivity index (χ4v) is 1.81. The lowest BCUT2D eigenvalue weighted by atomic mass is 9.99. The van der Waals surface area contributed by atoms with E-state index in [1.54, 1.807) is 19.2 Å². The summed E-state index contributed by atoms with van der Waals surface area (Å²) in [6.07, 6.45) is 4.08. The molecule has 0 saturated heterocycles. The van der Waals surface area contributed by atoms with Gasteiger partial charge < -0.3 is 14.3 Å². The van der Waals surface area contributed by atoms with Crippen LogP contribution in [0.3, 0.4) is 0 Å². The zero-order chi connectivity index (χ0) is 14.8. The van der Waals surface area contributed by atoms with Crippen LogP contribution >= 0.6 is 0 Å². The number of esters is 1. The Bertz CT molecular complexity index is 416. The van der Waals surface area contributed by atoms with Crippen LogP contribution in [0.4, 0.5) is 0 Å². The van der Waals surface area contributed by atoms with Gasteiger partial charge in [0.05, 0.1) is 13.2 Å². The van der Waals surface area contributed by atoms with E-state index in [9.17, 15) is 9.59 Å². The number of aldehydes is 1. The SMILES string of the molecule is CCOC(=O)CC(C)Cc1ccc(OCCC=O)nc1. The van der Waals surface area contributed by atoms with Crippen molar-refractivity contribution >= 4 is 12.3 Å². The zero-order valence-corrected chi connectivity index (χ0v) is 12.0. The van der Waals surface area contributed by atoms with Crippen molar-refractivity contribution in [2.24, 2.45) is 5.92 Å². The third-order valence-corrected chi connectivity index (χ3v) is 2.69. The molecule has 1 atom stereocenters. The van der Waals surface area contributed by atoms with E-state index in [0.29, 0.717) is 31.9 Å². The van der Waals surface area contributed by atoms with Gasteiger partial charge in [0.2, 0.25) is 5.88 Å². The molecular weight excluding hydrogens is 258 g/mol. The molecule has 0 amide bonds. The highest BCUT2D eigenvalue weighted by molar-refractivity contribution is 5.69. The van der Waals surface area contributed by atoms with Crippen molar-refractivity contribution in [1.29, 1.82) is 0 Å². The van der Waals surface area contributed by atoms with Crippen LogP contribution in [-0.4, -0.2) is 30.5 Å². The largest absolute Gasteiger partial charge is 0.477 e. The van der Waals surface area contributed by atoms with Gasteiger partial charge >= 0.3 is 5.97 Å². The lowest BCUT2D eigenvalue weighted by Gasteiger charge is -2.11. The molecule has 0 N–H and O–H groups in total. The van der Waals surface area contributed by atoms with Crippen LogP contribution in [-0.2, 0) is 20.7 Å². The number of rotatable bonds is 9. The fourth-order valence-electron chi connectivity index (χ4n) is 1.81. The van der Waals surface area contributed by atoms with Gasteiger partial charge in [-0.15, -0.1) is 0 Å². The zero-order valence-electron chi connectivity index (χ0n) is 12.0. The lowest BCUT2D eigenvalue weighted by Crippen LogP contribution is -2.11. The summed E-state index contributed by atoms with van der Waals surface area (Å²) in [6.45, 7) is 4.57. The molecular formula is C15H21NO4. The summed E-state index contributed by atoms with van der Waals surface area (Å²) in [4.78, 5) is 25.7. The van der Waals surface area contributed by atoms with E-state index in [-0.39, 0.29) is 11.9 Å². The molecule has 0 saturated carbocycles. The van der Waals surface area contributed by atoms with Crippen LogP contribution in [0.15, 0.2) is 18.3 Å². The Morgan fingerprint density at radius 2 is 2.25 bits per heavy atom. The molecule has 1 rings (SSSR count). The van der Waals surface area contributed by atoms with Gasteiger partial charge in [0.1, 0.15) is 6.29 Å². The molecule has 1 aromatic heterocycles. The van der Waals surface area contributed by atoms with E-state index < -0.39 is 0 Å². The van der Waals surface area contributed by atoms with Crippen LogP contribution in [0.25, 0.3) is 0 Å². The molecule has 1 aromatic rings. The predicted octanol–water partition coefficient (Wildman–Crippen LogP) is 2.18. The molecule has 0 aliphatic heterocycles. The van der Waals surface area contributed by atoms with E-state index in [1.165, 1.54) is 0 Å². The van der Waals surface area contributed by atoms with Gasteiger partial charge in [0, 0.05) is 25.1 Å². The molecule has 5 nitrogen and oxygen atoms in total. The second kappa shape index (κ2) is 9.07. The Kier molecular flexibility index (Phi) is 7.32. The van der Waals surface area contributed by atoms with Gasteiger partial charge in [-0.1, -0.05) is 13.0 Å². The predicted molar refractivity (Wildman–Crippen MR) is 74.5 cm³/mol. The Labute approximate surface area is 119 Å². The maximum absolute atomic E-state index is 11.4. The second-order valence-electron chi connectivity index (χ2n) is 4.63. The molecule has 0 bridgehead atoms. The summed E-state index contributed by atoms with van der Waals surface area (Å²) in [5, 5.41) is 0. The quantitative estimate of drug-likeness (QED) is 0.394. The van der Waals surface area contributed by atoms with Crippen LogP contribution in [0.5, 0.6) is 5.88 Å². The minimum absolute atomic E-state index is 0.165. The molecule has 0 aliphatic rings. The fraction of sp³-hybridized carbons (Fsp3) is 0.533. The maximum Gasteiger partial charge on any atom is 0.306 e. The van der Waals surface area contributed by atoms with Gasteiger partial charge in [-0.25, -0.2) is 4.98 Å². The van der Waals surface area contributed by atoms with Crippen molar-refractivity contribution < 1.29 is 19.1 Å². The normalized spacial score (nSPS) is 11.7. The van der Waals surface area contributed by atoms with Crippen molar-refractivity contribution in [3.8, 4) is 5.88 Å². The first-order valence-electron chi connectivity index (χ1n) is 6.82. The van der Waals surface area contributed by atoms with Crippen molar-refractivity contribution in [3.63, 3.8) is 0 Å². The summed E-state index contributed by atoms with van der Waals surface area (Å²) < 4.78 is 10.2. The maximum atomic E-state index is 11.4. The van der Waals surface area contributed by atoms with Crippen molar-refractivity contribution in [2.75, 3.05) is 13.2 Å². The molecule has 0 aliphatic carbocycles. The number of aromatic nitrogens is 1. The Hall–Kier alpha value is -1.91. The molecule has 1 heterocycles. The minimum atomic E-state index is -0.165. The van der Waals surface area contributed by atoms with Crippen molar-refractivity contribution in [1.82, 2.24) is 4.98 Å². The van der Waals surface area contributed by atoms with E-state index >= 15 is 0 Å². The number of carbonyl (C=O) groups is 2. The monoisotopic (exact) mass is 279 g/mol. The van der Waals surface area contributed by atoms with Gasteiger partial charge in [-0.05, 0) is 24.8 Å². The van der Waals surface area contributed by atoms with E-state index in [0.717, 1.165) is 18.3 Å². The average Bonchev–Trinajstić information content (AvgIpc) is 2.41. The number of hydrogen-bond acceptors (Lipinski definition) is 5. The molecule has 110 valence electrons. The molecule has 0 aromatic carbocycles. The average molecular weight is 279 g/mol. The molecule has 0 fully saturated rings. The summed E-state index contributed by atoms with van der Waals surface area (Å²) in [7, 11) is 0. The summed E-state index contributed by atoms with van der Waals surface area (Å²) >= 11 is 0. The van der Waals surface area contributed by atoms with E-state index in [4.69, 9.17) is 9.47 Å². The number of nitrogens with zero attached hydrogens (tertiary/aromatic N) is 1. The first-order valence-corrected chi connectivity index (χ1v) is 6.82. The van der Waals surface area contributed by atoms with Crippen LogP contribution in [0.1, 0.15) is 32.3 Å². The van der Waals surface area contributed by atoms with Gasteiger partial charge in [0.25, 0.3) is 0 Å². The second-order valence-corrected chi connectivity index (χ2v) is 4.63. The smallest absolute Gasteiger partial charge is 0.306 e. The van der Waals surface area contributed by atoms with Gasteiger partial charge in [-0.3, -0.25) is 4.79 Å². The third kappa shape index (κ3) is 6.31. The minimum Gasteiger partial charge on any atom is -0.477 e. The summed E-state index contributed by atoms with van der Waals surface area (Å²) in [6, 6.07) is 3.70. The van der Waals surface area contributed by atoms with Gasteiger partial charge in [-0.2, -0.15) is 0 Å². The highest BCUT2D eigenvalue weighted by Crippen LogP contribution is 2.14. The van der Waals surface area contributed by atoms with Crippen molar-refractivity contribution in [2.45, 2.75) is 33.1 Å². The molecule has 0 radical (unpaired) electrons. The Balaban J connectivity index is 2.40. The van der Waals surface area contributed by atoms with Crippen LogP contribution < -0.4 is 4.74 Å². The van der Waals surface area contributed by atoms with E-state index in [2.05, 4.69) is 4.98 Å². The van der Waals surface area contributed by atoms with Crippen molar-refractivity contribution in [3.05, 3.63) is 23.9 Å². The number of carbonyl (C=O) groups excluding carboxylic acids is 2. The Morgan fingerprint density at radius 1 is 1.45 bits per heavy atom. The molecule has 20 heavy (non-hydrogen) atoms. The summed E-state index contributed by atoms with van der Waals surface area (Å²) in [5.41, 5.74) is 1.05. The molecule has 5 heteroatoms. The van der Waals surface area contributed by atoms with Gasteiger partial charge in [0.15, 0.2) is 0 Å². The topological polar surface area (TPSA) is 65.5 Å². The van der Waals surface area contributed by atoms with Crippen LogP contribution in [0.2, 0.25) is 0 Å². The highest BCUT2D eigenvalue weighted by atomic mass is 16.5. The standard InChI is InChI=1S/C15H21NO4/c1-3-19-15(18)10-12(2)9-13-5-6-14(16-11-13)20-8-4-7-17/h5-7,11-12H,3-4,8-10H2,1-2H3. The number of pyridine rings is 1. The Morgan fingerprint density at radius 3 is 2.85 bits per heavy atom. The first-order chi connectivity index (χ1) is 9.65. The number of hydrogen-bond donors (Lipinski definition) is 0. The number of ether oxygens (including phenoxy) is 2. The third-order valence-electron chi connectivity index (χ3n) is 2.69. The highest BCUT2D eigenvalue weighted by Gasteiger charge is 2.11. The molecule has 1 unspecified atom stereocenters. The first kappa shape index (κ1) is 16.1. The summed E-state index contributed by atoms with van der Waals surface area (Å²) in [5.74, 6) is 0.549. The lowest BCUT2D eigenvalue weighted by molar-refractivity contribution is -0.144. The molecule has 0 spiro atoms.